The molecule has 0 spiro atoms. The highest BCUT2D eigenvalue weighted by Crippen LogP contribution is 2.26. The van der Waals surface area contributed by atoms with E-state index in [9.17, 15) is 4.79 Å². The molecule has 0 radical (unpaired) electrons. The molecule has 0 aliphatic carbocycles. The van der Waals surface area contributed by atoms with Crippen molar-refractivity contribution in [3.63, 3.8) is 0 Å². The van der Waals surface area contributed by atoms with Crippen LogP contribution in [0.25, 0.3) is 0 Å². The van der Waals surface area contributed by atoms with Crippen LogP contribution in [0.2, 0.25) is 0 Å². The van der Waals surface area contributed by atoms with Crippen LogP contribution in [-0.4, -0.2) is 75.3 Å². The minimum atomic E-state index is -0.214. The number of piperidine rings is 1. The Morgan fingerprint density at radius 2 is 1.89 bits per heavy atom. The summed E-state index contributed by atoms with van der Waals surface area (Å²) >= 11 is 0. The molecule has 2 aliphatic heterocycles. The Labute approximate surface area is 162 Å². The van der Waals surface area contributed by atoms with Gasteiger partial charge in [0.15, 0.2) is 0 Å². The number of amides is 1. The van der Waals surface area contributed by atoms with E-state index >= 15 is 0 Å². The van der Waals surface area contributed by atoms with Gasteiger partial charge >= 0.3 is 0 Å². The normalized spacial score (nSPS) is 24.1. The van der Waals surface area contributed by atoms with Crippen molar-refractivity contribution in [3.8, 4) is 5.75 Å². The molecule has 7 nitrogen and oxygen atoms in total. The molecule has 27 heavy (non-hydrogen) atoms. The number of carbonyl (C=O) groups is 1. The molecule has 2 atom stereocenters. The van der Waals surface area contributed by atoms with Gasteiger partial charge in [-0.25, -0.2) is 10.9 Å². The highest BCUT2D eigenvalue weighted by atomic mass is 16.5. The van der Waals surface area contributed by atoms with Gasteiger partial charge in [0, 0.05) is 25.7 Å². The fraction of sp³-hybridized carbons (Fsp3) is 0.650. The van der Waals surface area contributed by atoms with E-state index in [1.54, 1.807) is 14.2 Å². The van der Waals surface area contributed by atoms with Gasteiger partial charge < -0.3 is 19.3 Å². The van der Waals surface area contributed by atoms with Gasteiger partial charge in [0.05, 0.1) is 13.7 Å². The number of benzene rings is 1. The molecule has 150 valence electrons. The summed E-state index contributed by atoms with van der Waals surface area (Å²) in [7, 11) is 5.49. The van der Waals surface area contributed by atoms with Crippen molar-refractivity contribution in [2.45, 2.75) is 37.4 Å². The molecule has 2 aliphatic rings. The summed E-state index contributed by atoms with van der Waals surface area (Å²) in [5, 5.41) is 0. The molecule has 3 rings (SSSR count). The number of hydrogen-bond acceptors (Lipinski definition) is 6. The van der Waals surface area contributed by atoms with Crippen molar-refractivity contribution in [2.24, 2.45) is 0 Å². The first-order chi connectivity index (χ1) is 13.1. The van der Waals surface area contributed by atoms with Gasteiger partial charge in [-0.2, -0.15) is 0 Å². The monoisotopic (exact) mass is 376 g/mol. The van der Waals surface area contributed by atoms with Crippen LogP contribution in [0.4, 0.5) is 0 Å². The molecular weight excluding hydrogens is 344 g/mol. The van der Waals surface area contributed by atoms with Gasteiger partial charge in [0.2, 0.25) is 5.91 Å². The molecule has 1 amide bonds. The van der Waals surface area contributed by atoms with Crippen molar-refractivity contribution in [1.29, 1.82) is 0 Å². The third kappa shape index (κ3) is 4.99. The molecule has 2 fully saturated rings. The Morgan fingerprint density at radius 3 is 2.52 bits per heavy atom. The van der Waals surface area contributed by atoms with Crippen molar-refractivity contribution in [1.82, 2.24) is 20.7 Å². The Balaban J connectivity index is 1.63. The summed E-state index contributed by atoms with van der Waals surface area (Å²) in [6, 6.07) is 8.20. The number of carbonyl (C=O) groups excluding carboxylic acids is 1. The van der Waals surface area contributed by atoms with Crippen LogP contribution in [0, 0.1) is 0 Å². The first-order valence-corrected chi connectivity index (χ1v) is 9.75. The number of hydrazine groups is 1. The lowest BCUT2D eigenvalue weighted by molar-refractivity contribution is -0.137. The standard InChI is InChI=1S/C20H32N4O3/c1-23-10-8-16(9-11-23)24(12-13-26-2)20(25)19-14-18(21-22-19)15-4-6-17(27-3)7-5-15/h4-7,16,18-19,21-22H,8-14H2,1-3H3. The maximum atomic E-state index is 13.2. The summed E-state index contributed by atoms with van der Waals surface area (Å²) in [4.78, 5) is 17.6. The number of methoxy groups -OCH3 is 2. The molecule has 1 aromatic rings. The van der Waals surface area contributed by atoms with Gasteiger partial charge in [0.1, 0.15) is 11.8 Å². The number of nitrogens with zero attached hydrogens (tertiary/aromatic N) is 2. The average Bonchev–Trinajstić information content (AvgIpc) is 3.19. The molecule has 2 saturated heterocycles. The number of nitrogens with one attached hydrogen (secondary N) is 2. The predicted octanol–water partition coefficient (Wildman–Crippen LogP) is 1.17. The van der Waals surface area contributed by atoms with Gasteiger partial charge in [-0.1, -0.05) is 12.1 Å². The lowest BCUT2D eigenvalue weighted by atomic mass is 9.99. The molecule has 1 aromatic carbocycles. The van der Waals surface area contributed by atoms with Gasteiger partial charge in [-0.15, -0.1) is 0 Å². The Hall–Kier alpha value is -1.67. The van der Waals surface area contributed by atoms with Crippen LogP contribution in [0.3, 0.4) is 0 Å². The fourth-order valence-electron chi connectivity index (χ4n) is 3.94. The first-order valence-electron chi connectivity index (χ1n) is 9.75. The minimum absolute atomic E-state index is 0.117. The summed E-state index contributed by atoms with van der Waals surface area (Å²) in [6.45, 7) is 3.29. The zero-order chi connectivity index (χ0) is 19.2. The maximum absolute atomic E-state index is 13.2. The SMILES string of the molecule is COCCN(C(=O)C1CC(c2ccc(OC)cc2)NN1)C1CCN(C)CC1. The Kier molecular flexibility index (Phi) is 7.07. The number of likely N-dealkylation sites (tertiary alicyclic amines) is 1. The molecule has 2 N–H and O–H groups in total. The van der Waals surface area contributed by atoms with Crippen LogP contribution in [-0.2, 0) is 9.53 Å². The molecule has 2 heterocycles. The van der Waals surface area contributed by atoms with E-state index < -0.39 is 0 Å². The Morgan fingerprint density at radius 1 is 1.19 bits per heavy atom. The third-order valence-electron chi connectivity index (χ3n) is 5.67. The van der Waals surface area contributed by atoms with E-state index in [0.29, 0.717) is 19.2 Å². The van der Waals surface area contributed by atoms with Crippen molar-refractivity contribution >= 4 is 5.91 Å². The maximum Gasteiger partial charge on any atom is 0.241 e. The fourth-order valence-corrected chi connectivity index (χ4v) is 3.94. The van der Waals surface area contributed by atoms with Gasteiger partial charge in [-0.05, 0) is 57.1 Å². The van der Waals surface area contributed by atoms with Gasteiger partial charge in [-0.3, -0.25) is 4.79 Å². The summed E-state index contributed by atoms with van der Waals surface area (Å²) in [6.07, 6.45) is 2.78. The molecule has 0 saturated carbocycles. The van der Waals surface area contributed by atoms with E-state index in [-0.39, 0.29) is 18.0 Å². The van der Waals surface area contributed by atoms with Crippen molar-refractivity contribution in [3.05, 3.63) is 29.8 Å². The van der Waals surface area contributed by atoms with E-state index in [1.807, 2.05) is 29.2 Å². The second kappa shape index (κ2) is 9.50. The topological polar surface area (TPSA) is 66.1 Å². The zero-order valence-electron chi connectivity index (χ0n) is 16.6. The van der Waals surface area contributed by atoms with Crippen LogP contribution in [0.1, 0.15) is 30.9 Å². The van der Waals surface area contributed by atoms with Crippen LogP contribution >= 0.6 is 0 Å². The molecule has 2 unspecified atom stereocenters. The van der Waals surface area contributed by atoms with E-state index in [4.69, 9.17) is 9.47 Å². The molecule has 0 aromatic heterocycles. The first kappa shape index (κ1) is 20.1. The highest BCUT2D eigenvalue weighted by Gasteiger charge is 2.36. The second-order valence-corrected chi connectivity index (χ2v) is 7.46. The minimum Gasteiger partial charge on any atom is -0.497 e. The van der Waals surface area contributed by atoms with E-state index in [1.165, 1.54) is 0 Å². The smallest absolute Gasteiger partial charge is 0.241 e. The number of ether oxygens (including phenoxy) is 2. The predicted molar refractivity (Wildman–Crippen MR) is 105 cm³/mol. The van der Waals surface area contributed by atoms with Crippen LogP contribution in [0.5, 0.6) is 5.75 Å². The van der Waals surface area contributed by atoms with Crippen molar-refractivity contribution in [2.75, 3.05) is 47.5 Å². The van der Waals surface area contributed by atoms with Crippen molar-refractivity contribution < 1.29 is 14.3 Å². The second-order valence-electron chi connectivity index (χ2n) is 7.46. The van der Waals surface area contributed by atoms with Gasteiger partial charge in [0.25, 0.3) is 0 Å². The third-order valence-corrected chi connectivity index (χ3v) is 5.67. The lowest BCUT2D eigenvalue weighted by Gasteiger charge is -2.38. The molecular formula is C20H32N4O3. The summed E-state index contributed by atoms with van der Waals surface area (Å²) in [5.41, 5.74) is 7.65. The summed E-state index contributed by atoms with van der Waals surface area (Å²) in [5.74, 6) is 1.01. The zero-order valence-corrected chi connectivity index (χ0v) is 16.6. The highest BCUT2D eigenvalue weighted by molar-refractivity contribution is 5.82. The van der Waals surface area contributed by atoms with Crippen LogP contribution in [0.15, 0.2) is 24.3 Å². The van der Waals surface area contributed by atoms with E-state index in [2.05, 4.69) is 22.8 Å². The largest absolute Gasteiger partial charge is 0.497 e. The number of rotatable bonds is 7. The van der Waals surface area contributed by atoms with Crippen LogP contribution < -0.4 is 15.6 Å². The quantitative estimate of drug-likeness (QED) is 0.745. The summed E-state index contributed by atoms with van der Waals surface area (Å²) < 4.78 is 10.5. The average molecular weight is 377 g/mol. The molecule has 0 bridgehead atoms. The Bertz CT molecular complexity index is 602. The lowest BCUT2D eigenvalue weighted by Crippen LogP contribution is -2.53. The van der Waals surface area contributed by atoms with E-state index in [0.717, 1.165) is 43.7 Å². The number of hydrogen-bond donors (Lipinski definition) is 2. The molecule has 7 heteroatoms.